The van der Waals surface area contributed by atoms with E-state index in [1.54, 1.807) is 0 Å². The highest BCUT2D eigenvalue weighted by Crippen LogP contribution is 2.42. The molecule has 218 valence electrons. The first-order valence-electron chi connectivity index (χ1n) is 14.6. The number of carbonyl (C=O) groups excluding carboxylic acids is 1. The lowest BCUT2D eigenvalue weighted by atomic mass is 9.90. The van der Waals surface area contributed by atoms with Crippen LogP contribution in [0.5, 0.6) is 0 Å². The first kappa shape index (κ1) is 29.2. The molecule has 3 N–H and O–H groups in total. The van der Waals surface area contributed by atoms with Crippen molar-refractivity contribution in [3.63, 3.8) is 0 Å². The molecule has 0 saturated carbocycles. The minimum Gasteiger partial charge on any atom is -0.392 e. The zero-order valence-electron chi connectivity index (χ0n) is 23.9. The van der Waals surface area contributed by atoms with Crippen molar-refractivity contribution in [1.29, 1.82) is 0 Å². The summed E-state index contributed by atoms with van der Waals surface area (Å²) in [7, 11) is 0. The second kappa shape index (κ2) is 14.1. The number of nitrogens with zero attached hydrogens (tertiary/aromatic N) is 1. The summed E-state index contributed by atoms with van der Waals surface area (Å²) in [6.45, 7) is 9.25. The number of ether oxygens (including phenoxy) is 3. The third kappa shape index (κ3) is 7.33. The molecule has 3 aromatic carbocycles. The van der Waals surface area contributed by atoms with Crippen molar-refractivity contribution in [2.75, 3.05) is 39.4 Å². The zero-order chi connectivity index (χ0) is 28.6. The van der Waals surface area contributed by atoms with Crippen LogP contribution in [0, 0.1) is 5.92 Å². The number of benzene rings is 3. The molecule has 0 aliphatic carbocycles. The van der Waals surface area contributed by atoms with E-state index in [-0.39, 0.29) is 30.8 Å². The first-order valence-corrected chi connectivity index (χ1v) is 14.6. The van der Waals surface area contributed by atoms with Crippen molar-refractivity contribution in [3.05, 3.63) is 95.1 Å². The van der Waals surface area contributed by atoms with Crippen molar-refractivity contribution < 1.29 is 24.1 Å². The van der Waals surface area contributed by atoms with Gasteiger partial charge in [-0.1, -0.05) is 79.7 Å². The summed E-state index contributed by atoms with van der Waals surface area (Å²) in [6.07, 6.45) is -0.674. The van der Waals surface area contributed by atoms with Gasteiger partial charge in [0.1, 0.15) is 0 Å². The minimum atomic E-state index is -0.511. The fourth-order valence-corrected chi connectivity index (χ4v) is 5.54. The summed E-state index contributed by atoms with van der Waals surface area (Å²) in [4.78, 5) is 14.4. The van der Waals surface area contributed by atoms with Crippen molar-refractivity contribution in [1.82, 2.24) is 15.5 Å². The maximum absolute atomic E-state index is 11.9. The molecule has 0 radical (unpaired) electrons. The van der Waals surface area contributed by atoms with Crippen molar-refractivity contribution in [3.8, 4) is 11.1 Å². The Morgan fingerprint density at radius 3 is 2.34 bits per heavy atom. The highest BCUT2D eigenvalue weighted by molar-refractivity contribution is 5.74. The Labute approximate surface area is 242 Å². The molecule has 2 heterocycles. The molecule has 8 heteroatoms. The lowest BCUT2D eigenvalue weighted by Crippen LogP contribution is -2.47. The molecule has 2 fully saturated rings. The van der Waals surface area contributed by atoms with E-state index in [9.17, 15) is 9.90 Å². The average molecular weight is 560 g/mol. The third-order valence-electron chi connectivity index (χ3n) is 7.95. The fourth-order valence-electron chi connectivity index (χ4n) is 5.54. The van der Waals surface area contributed by atoms with Crippen LogP contribution in [0.4, 0.5) is 4.79 Å². The SMILES string of the molecule is CCNC(=O)NCc1ccccc1-c1ccc(C2OC(CN3CCOCC3)C(C)C(c3ccc(CO)cc3)O2)cc1. The highest BCUT2D eigenvalue weighted by Gasteiger charge is 2.39. The maximum Gasteiger partial charge on any atom is 0.315 e. The molecule has 2 amide bonds. The van der Waals surface area contributed by atoms with Crippen molar-refractivity contribution >= 4 is 6.03 Å². The van der Waals surface area contributed by atoms with Crippen LogP contribution in [-0.4, -0.2) is 61.5 Å². The van der Waals surface area contributed by atoms with Crippen LogP contribution in [0.25, 0.3) is 11.1 Å². The predicted molar refractivity (Wildman–Crippen MR) is 158 cm³/mol. The summed E-state index contributed by atoms with van der Waals surface area (Å²) in [5.74, 6) is 0.137. The lowest BCUT2D eigenvalue weighted by Gasteiger charge is -2.43. The van der Waals surface area contributed by atoms with Crippen LogP contribution in [0.2, 0.25) is 0 Å². The van der Waals surface area contributed by atoms with E-state index in [1.165, 1.54) is 0 Å². The molecule has 4 unspecified atom stereocenters. The molecule has 8 nitrogen and oxygen atoms in total. The van der Waals surface area contributed by atoms with E-state index in [2.05, 4.69) is 64.9 Å². The van der Waals surface area contributed by atoms with E-state index in [0.29, 0.717) is 13.1 Å². The Balaban J connectivity index is 1.36. The second-order valence-corrected chi connectivity index (χ2v) is 10.7. The standard InChI is InChI=1S/C33H41N3O5/c1-3-34-33(38)35-20-28-6-4-5-7-29(28)25-12-14-27(15-13-25)32-40-30(21-36-16-18-39-19-17-36)23(2)31(41-32)26-10-8-24(22-37)9-11-26/h4-15,23,30-32,37H,3,16-22H2,1-2H3,(H2,34,35,38). The van der Waals surface area contributed by atoms with Gasteiger partial charge in [-0.3, -0.25) is 4.90 Å². The molecule has 2 aliphatic heterocycles. The predicted octanol–water partition coefficient (Wildman–Crippen LogP) is 4.79. The summed E-state index contributed by atoms with van der Waals surface area (Å²) in [5, 5.41) is 15.2. The smallest absolute Gasteiger partial charge is 0.315 e. The van der Waals surface area contributed by atoms with Crippen LogP contribution in [0.1, 0.15) is 48.5 Å². The van der Waals surface area contributed by atoms with Crippen LogP contribution in [0.3, 0.4) is 0 Å². The molecular weight excluding hydrogens is 518 g/mol. The largest absolute Gasteiger partial charge is 0.392 e. The molecule has 0 bridgehead atoms. The number of urea groups is 1. The number of nitrogens with one attached hydrogen (secondary N) is 2. The van der Waals surface area contributed by atoms with Gasteiger partial charge in [0, 0.05) is 44.2 Å². The normalized spacial score (nSPS) is 23.2. The lowest BCUT2D eigenvalue weighted by molar-refractivity contribution is -0.277. The van der Waals surface area contributed by atoms with E-state index >= 15 is 0 Å². The Bertz CT molecular complexity index is 1260. The van der Waals surface area contributed by atoms with Crippen LogP contribution >= 0.6 is 0 Å². The number of hydrogen-bond acceptors (Lipinski definition) is 6. The van der Waals surface area contributed by atoms with E-state index in [1.807, 2.05) is 37.3 Å². The molecule has 2 saturated heterocycles. The van der Waals surface area contributed by atoms with Crippen molar-refractivity contribution in [2.45, 2.75) is 45.5 Å². The number of morpholine rings is 1. The topological polar surface area (TPSA) is 92.3 Å². The van der Waals surface area contributed by atoms with Crippen LogP contribution in [0.15, 0.2) is 72.8 Å². The van der Waals surface area contributed by atoms with Gasteiger partial charge in [0.2, 0.25) is 0 Å². The van der Waals surface area contributed by atoms with Gasteiger partial charge in [0.05, 0.1) is 32.0 Å². The second-order valence-electron chi connectivity index (χ2n) is 10.7. The highest BCUT2D eigenvalue weighted by atomic mass is 16.7. The van der Waals surface area contributed by atoms with Gasteiger partial charge in [-0.2, -0.15) is 0 Å². The molecule has 3 aromatic rings. The number of carbonyl (C=O) groups is 1. The van der Waals surface area contributed by atoms with Gasteiger partial charge in [0.25, 0.3) is 0 Å². The van der Waals surface area contributed by atoms with Gasteiger partial charge in [-0.15, -0.1) is 0 Å². The van der Waals surface area contributed by atoms with E-state index in [4.69, 9.17) is 14.2 Å². The fraction of sp³-hybridized carbons (Fsp3) is 0.424. The van der Waals surface area contributed by atoms with Crippen LogP contribution in [-0.2, 0) is 27.4 Å². The maximum atomic E-state index is 11.9. The van der Waals surface area contributed by atoms with Gasteiger partial charge in [-0.25, -0.2) is 4.79 Å². The molecular formula is C33H41N3O5. The Morgan fingerprint density at radius 1 is 0.927 bits per heavy atom. The zero-order valence-corrected chi connectivity index (χ0v) is 23.9. The Kier molecular flexibility index (Phi) is 10.0. The van der Waals surface area contributed by atoms with Crippen LogP contribution < -0.4 is 10.6 Å². The van der Waals surface area contributed by atoms with Gasteiger partial charge >= 0.3 is 6.03 Å². The minimum absolute atomic E-state index is 0.0181. The number of rotatable bonds is 9. The van der Waals surface area contributed by atoms with Gasteiger partial charge in [-0.05, 0) is 34.7 Å². The van der Waals surface area contributed by atoms with Gasteiger partial charge < -0.3 is 30.0 Å². The van der Waals surface area contributed by atoms with Gasteiger partial charge in [0.15, 0.2) is 6.29 Å². The number of aliphatic hydroxyl groups is 1. The molecule has 0 spiro atoms. The number of hydrogen-bond donors (Lipinski definition) is 3. The summed E-state index contributed by atoms with van der Waals surface area (Å²) in [6, 6.07) is 24.3. The Hall–Kier alpha value is -3.27. The third-order valence-corrected chi connectivity index (χ3v) is 7.95. The molecule has 0 aromatic heterocycles. The van der Waals surface area contributed by atoms with Crippen molar-refractivity contribution in [2.24, 2.45) is 5.92 Å². The monoisotopic (exact) mass is 559 g/mol. The first-order chi connectivity index (χ1) is 20.1. The van der Waals surface area contributed by atoms with E-state index in [0.717, 1.165) is 66.2 Å². The molecule has 5 rings (SSSR count). The molecule has 2 aliphatic rings. The molecule has 41 heavy (non-hydrogen) atoms. The Morgan fingerprint density at radius 2 is 1.63 bits per heavy atom. The quantitative estimate of drug-likeness (QED) is 0.349. The number of amides is 2. The summed E-state index contributed by atoms with van der Waals surface area (Å²) < 4.78 is 18.8. The molecule has 4 atom stereocenters. The summed E-state index contributed by atoms with van der Waals surface area (Å²) >= 11 is 0. The summed E-state index contributed by atoms with van der Waals surface area (Å²) in [5.41, 5.74) is 6.10. The average Bonchev–Trinajstić information content (AvgIpc) is 3.02. The number of aliphatic hydroxyl groups excluding tert-OH is 1. The van der Waals surface area contributed by atoms with E-state index < -0.39 is 6.29 Å².